The van der Waals surface area contributed by atoms with E-state index in [1.54, 1.807) is 7.11 Å². The van der Waals surface area contributed by atoms with Crippen molar-refractivity contribution in [3.63, 3.8) is 0 Å². The second-order valence-electron chi connectivity index (χ2n) is 5.60. The summed E-state index contributed by atoms with van der Waals surface area (Å²) in [5, 5.41) is 6.77. The van der Waals surface area contributed by atoms with Crippen LogP contribution in [0.5, 0.6) is 0 Å². The molecule has 0 radical (unpaired) electrons. The summed E-state index contributed by atoms with van der Waals surface area (Å²) < 4.78 is 5.07. The minimum absolute atomic E-state index is 0. The van der Waals surface area contributed by atoms with E-state index < -0.39 is 0 Å². The van der Waals surface area contributed by atoms with E-state index in [4.69, 9.17) is 4.74 Å². The highest BCUT2D eigenvalue weighted by Gasteiger charge is 2.10. The number of rotatable bonds is 12. The largest absolute Gasteiger partial charge is 0.385 e. The van der Waals surface area contributed by atoms with E-state index in [1.165, 1.54) is 0 Å². The maximum atomic E-state index is 5.07. The van der Waals surface area contributed by atoms with Gasteiger partial charge in [0.15, 0.2) is 5.96 Å². The summed E-state index contributed by atoms with van der Waals surface area (Å²) in [5.41, 5.74) is 0. The fourth-order valence-electron chi connectivity index (χ4n) is 2.40. The van der Waals surface area contributed by atoms with Gasteiger partial charge in [0.2, 0.25) is 0 Å². The van der Waals surface area contributed by atoms with E-state index in [1.807, 2.05) is 7.05 Å². The molecule has 23 heavy (non-hydrogen) atoms. The number of nitrogens with one attached hydrogen (secondary N) is 2. The van der Waals surface area contributed by atoms with E-state index in [0.29, 0.717) is 6.04 Å². The first-order chi connectivity index (χ1) is 10.6. The van der Waals surface area contributed by atoms with Gasteiger partial charge in [-0.25, -0.2) is 0 Å². The van der Waals surface area contributed by atoms with Crippen LogP contribution >= 0.6 is 24.0 Å². The van der Waals surface area contributed by atoms with E-state index in [-0.39, 0.29) is 24.0 Å². The molecule has 0 aromatic heterocycles. The summed E-state index contributed by atoms with van der Waals surface area (Å²) in [6.45, 7) is 13.5. The Kier molecular flexibility index (Phi) is 18.3. The topological polar surface area (TPSA) is 52.1 Å². The molecule has 0 saturated heterocycles. The third-order valence-corrected chi connectivity index (χ3v) is 3.90. The first-order valence-electron chi connectivity index (χ1n) is 8.44. The van der Waals surface area contributed by atoms with Crippen molar-refractivity contribution >= 4 is 29.9 Å². The van der Waals surface area contributed by atoms with Crippen molar-refractivity contribution in [3.05, 3.63) is 0 Å². The zero-order valence-electron chi connectivity index (χ0n) is 15.9. The molecule has 0 bridgehead atoms. The number of aliphatic imine (C=N–C) groups is 1. The summed E-state index contributed by atoms with van der Waals surface area (Å²) in [7, 11) is 5.70. The molecule has 0 aliphatic carbocycles. The van der Waals surface area contributed by atoms with Gasteiger partial charge in [0, 0.05) is 53.0 Å². The lowest BCUT2D eigenvalue weighted by atomic mass is 10.3. The summed E-state index contributed by atoms with van der Waals surface area (Å²) in [5.74, 6) is 0.879. The quantitative estimate of drug-likeness (QED) is 0.207. The van der Waals surface area contributed by atoms with Crippen LogP contribution in [0.4, 0.5) is 0 Å². The molecule has 140 valence electrons. The number of likely N-dealkylation sites (N-methyl/N-ethyl adjacent to an activating group) is 2. The van der Waals surface area contributed by atoms with Gasteiger partial charge >= 0.3 is 0 Å². The van der Waals surface area contributed by atoms with Crippen LogP contribution in [-0.4, -0.2) is 88.9 Å². The fourth-order valence-corrected chi connectivity index (χ4v) is 2.40. The Balaban J connectivity index is 0. The van der Waals surface area contributed by atoms with Crippen LogP contribution in [0.2, 0.25) is 0 Å². The van der Waals surface area contributed by atoms with Crippen LogP contribution in [0.15, 0.2) is 4.99 Å². The number of guanidine groups is 1. The lowest BCUT2D eigenvalue weighted by molar-refractivity contribution is 0.180. The number of ether oxygens (including phenoxy) is 1. The molecular weight excluding hydrogens is 405 g/mol. The maximum absolute atomic E-state index is 5.07. The molecule has 0 spiro atoms. The van der Waals surface area contributed by atoms with Crippen LogP contribution in [0.25, 0.3) is 0 Å². The van der Waals surface area contributed by atoms with Crippen molar-refractivity contribution in [1.82, 2.24) is 20.4 Å². The van der Waals surface area contributed by atoms with Gasteiger partial charge in [-0.3, -0.25) is 9.89 Å². The van der Waals surface area contributed by atoms with Crippen molar-refractivity contribution in [2.45, 2.75) is 33.2 Å². The molecule has 0 amide bonds. The second-order valence-corrected chi connectivity index (χ2v) is 5.60. The van der Waals surface area contributed by atoms with Crippen LogP contribution in [-0.2, 0) is 4.74 Å². The van der Waals surface area contributed by atoms with E-state index >= 15 is 0 Å². The van der Waals surface area contributed by atoms with Crippen molar-refractivity contribution in [1.29, 1.82) is 0 Å². The first kappa shape index (κ1) is 25.1. The van der Waals surface area contributed by atoms with Gasteiger partial charge in [-0.2, -0.15) is 0 Å². The lowest BCUT2D eigenvalue weighted by Gasteiger charge is -2.27. The standard InChI is InChI=1S/C16H37N5O.HI/c1-7-21(8-2)15(3)14-19-16(17-4)18-10-12-20(5)11-9-13-22-6;/h15H,7-14H2,1-6H3,(H2,17,18,19);1H. The van der Waals surface area contributed by atoms with E-state index in [0.717, 1.165) is 58.3 Å². The van der Waals surface area contributed by atoms with Gasteiger partial charge in [-0.05, 0) is 33.5 Å². The van der Waals surface area contributed by atoms with Gasteiger partial charge in [-0.1, -0.05) is 13.8 Å². The number of nitrogens with zero attached hydrogens (tertiary/aromatic N) is 3. The van der Waals surface area contributed by atoms with Gasteiger partial charge in [-0.15, -0.1) is 24.0 Å². The van der Waals surface area contributed by atoms with Crippen LogP contribution in [0, 0.1) is 0 Å². The van der Waals surface area contributed by atoms with Gasteiger partial charge in [0.25, 0.3) is 0 Å². The minimum Gasteiger partial charge on any atom is -0.385 e. The molecular formula is C16H38IN5O. The molecule has 0 aliphatic heterocycles. The maximum Gasteiger partial charge on any atom is 0.191 e. The predicted octanol–water partition coefficient (Wildman–Crippen LogP) is 1.47. The SMILES string of the molecule is CCN(CC)C(C)CNC(=NC)NCCN(C)CCCOC.I. The summed E-state index contributed by atoms with van der Waals surface area (Å²) in [4.78, 5) is 9.02. The second kappa shape index (κ2) is 16.7. The van der Waals surface area contributed by atoms with Crippen molar-refractivity contribution in [3.8, 4) is 0 Å². The molecule has 1 unspecified atom stereocenters. The van der Waals surface area contributed by atoms with Crippen LogP contribution < -0.4 is 10.6 Å². The molecule has 0 aliphatic rings. The highest BCUT2D eigenvalue weighted by atomic mass is 127. The monoisotopic (exact) mass is 443 g/mol. The highest BCUT2D eigenvalue weighted by Crippen LogP contribution is 1.96. The third kappa shape index (κ3) is 12.9. The fraction of sp³-hybridized carbons (Fsp3) is 0.938. The average Bonchev–Trinajstić information content (AvgIpc) is 2.52. The smallest absolute Gasteiger partial charge is 0.191 e. The molecule has 7 heteroatoms. The Morgan fingerprint density at radius 1 is 1.17 bits per heavy atom. The first-order valence-corrected chi connectivity index (χ1v) is 8.44. The molecule has 0 aromatic rings. The minimum atomic E-state index is 0. The van der Waals surface area contributed by atoms with E-state index in [9.17, 15) is 0 Å². The molecule has 6 nitrogen and oxygen atoms in total. The van der Waals surface area contributed by atoms with Crippen molar-refractivity contribution in [2.75, 3.05) is 67.1 Å². The molecule has 0 rings (SSSR count). The Hall–Kier alpha value is -0.120. The van der Waals surface area contributed by atoms with Gasteiger partial charge in [0.05, 0.1) is 0 Å². The zero-order valence-corrected chi connectivity index (χ0v) is 18.2. The number of hydrogen-bond acceptors (Lipinski definition) is 4. The molecule has 0 aromatic carbocycles. The Morgan fingerprint density at radius 2 is 1.83 bits per heavy atom. The Bertz CT molecular complexity index is 288. The van der Waals surface area contributed by atoms with Crippen molar-refractivity contribution in [2.24, 2.45) is 4.99 Å². The number of methoxy groups -OCH3 is 1. The summed E-state index contributed by atoms with van der Waals surface area (Å²) >= 11 is 0. The highest BCUT2D eigenvalue weighted by molar-refractivity contribution is 14.0. The van der Waals surface area contributed by atoms with Gasteiger partial charge < -0.3 is 20.3 Å². The molecule has 1 atom stereocenters. The lowest BCUT2D eigenvalue weighted by Crippen LogP contribution is -2.47. The number of halogens is 1. The van der Waals surface area contributed by atoms with Gasteiger partial charge in [0.1, 0.15) is 0 Å². The molecule has 0 heterocycles. The predicted molar refractivity (Wildman–Crippen MR) is 111 cm³/mol. The Morgan fingerprint density at radius 3 is 2.35 bits per heavy atom. The van der Waals surface area contributed by atoms with E-state index in [2.05, 4.69) is 53.2 Å². The zero-order chi connectivity index (χ0) is 16.8. The van der Waals surface area contributed by atoms with Crippen LogP contribution in [0.1, 0.15) is 27.2 Å². The number of hydrogen-bond donors (Lipinski definition) is 2. The normalized spacial score (nSPS) is 13.1. The third-order valence-electron chi connectivity index (χ3n) is 3.90. The molecule has 0 saturated carbocycles. The molecule has 0 fully saturated rings. The molecule has 2 N–H and O–H groups in total. The Labute approximate surface area is 160 Å². The van der Waals surface area contributed by atoms with Crippen LogP contribution in [0.3, 0.4) is 0 Å². The van der Waals surface area contributed by atoms with Crippen molar-refractivity contribution < 1.29 is 4.74 Å². The summed E-state index contributed by atoms with van der Waals surface area (Å²) in [6, 6.07) is 0.505. The average molecular weight is 443 g/mol. The summed E-state index contributed by atoms with van der Waals surface area (Å²) in [6.07, 6.45) is 1.07.